The summed E-state index contributed by atoms with van der Waals surface area (Å²) in [5, 5.41) is 15.2. The van der Waals surface area contributed by atoms with Crippen molar-refractivity contribution in [2.45, 2.75) is 45.6 Å². The van der Waals surface area contributed by atoms with Crippen molar-refractivity contribution < 1.29 is 19.5 Å². The van der Waals surface area contributed by atoms with Gasteiger partial charge in [0, 0.05) is 11.6 Å². The third kappa shape index (κ3) is 3.56. The summed E-state index contributed by atoms with van der Waals surface area (Å²) >= 11 is 6.15. The fourth-order valence-electron chi connectivity index (χ4n) is 3.90. The lowest BCUT2D eigenvalue weighted by Crippen LogP contribution is -2.32. The molecule has 2 amide bonds. The van der Waals surface area contributed by atoms with Gasteiger partial charge < -0.3 is 15.7 Å². The van der Waals surface area contributed by atoms with Crippen molar-refractivity contribution in [1.82, 2.24) is 5.32 Å². The molecule has 0 unspecified atom stereocenters. The average Bonchev–Trinajstić information content (AvgIpc) is 2.90. The van der Waals surface area contributed by atoms with Crippen molar-refractivity contribution in [2.24, 2.45) is 17.3 Å². The van der Waals surface area contributed by atoms with Gasteiger partial charge >= 0.3 is 5.97 Å². The van der Waals surface area contributed by atoms with Crippen LogP contribution in [0, 0.1) is 17.3 Å². The van der Waals surface area contributed by atoms with Gasteiger partial charge in [0.2, 0.25) is 5.91 Å². The number of aliphatic carboxylic acids is 1. The van der Waals surface area contributed by atoms with Crippen LogP contribution in [0.25, 0.3) is 0 Å². The summed E-state index contributed by atoms with van der Waals surface area (Å²) in [7, 11) is 0. The Bertz CT molecular complexity index is 756. The summed E-state index contributed by atoms with van der Waals surface area (Å²) in [6.45, 7) is 3.51. The Morgan fingerprint density at radius 3 is 2.38 bits per heavy atom. The maximum atomic E-state index is 12.5. The Labute approximate surface area is 157 Å². The number of rotatable bonds is 5. The lowest BCUT2D eigenvalue weighted by molar-refractivity contribution is -0.140. The number of anilines is 1. The summed E-state index contributed by atoms with van der Waals surface area (Å²) in [4.78, 5) is 36.1. The van der Waals surface area contributed by atoms with Crippen LogP contribution in [-0.2, 0) is 9.59 Å². The monoisotopic (exact) mass is 378 g/mol. The van der Waals surface area contributed by atoms with E-state index >= 15 is 0 Å². The first-order valence-electron chi connectivity index (χ1n) is 8.86. The molecule has 0 spiro atoms. The lowest BCUT2D eigenvalue weighted by Gasteiger charge is -2.14. The number of benzene rings is 1. The highest BCUT2D eigenvalue weighted by Crippen LogP contribution is 2.58. The first kappa shape index (κ1) is 18.7. The highest BCUT2D eigenvalue weighted by atomic mass is 35.5. The molecule has 6 nitrogen and oxygen atoms in total. The van der Waals surface area contributed by atoms with E-state index in [2.05, 4.69) is 10.6 Å². The fourth-order valence-corrected chi connectivity index (χ4v) is 4.06. The molecule has 26 heavy (non-hydrogen) atoms. The van der Waals surface area contributed by atoms with E-state index < -0.39 is 29.1 Å². The van der Waals surface area contributed by atoms with Gasteiger partial charge in [0.1, 0.15) is 0 Å². The van der Waals surface area contributed by atoms with Crippen LogP contribution in [0.4, 0.5) is 5.69 Å². The number of halogens is 1. The van der Waals surface area contributed by atoms with E-state index in [0.717, 1.165) is 25.7 Å². The molecule has 0 heterocycles. The van der Waals surface area contributed by atoms with Crippen LogP contribution in [0.3, 0.4) is 0 Å². The molecule has 0 radical (unpaired) electrons. The molecular formula is C19H23ClN2O4. The number of nitrogens with one attached hydrogen (secondary N) is 2. The third-order valence-corrected chi connectivity index (χ3v) is 5.88. The highest BCUT2D eigenvalue weighted by molar-refractivity contribution is 6.34. The molecule has 3 N–H and O–H groups in total. The molecule has 0 saturated heterocycles. The maximum absolute atomic E-state index is 12.5. The van der Waals surface area contributed by atoms with Gasteiger partial charge in [-0.25, -0.2) is 0 Å². The summed E-state index contributed by atoms with van der Waals surface area (Å²) in [5.41, 5.74) is 0.142. The number of carbonyl (C=O) groups is 3. The van der Waals surface area contributed by atoms with Gasteiger partial charge in [0.05, 0.1) is 22.5 Å². The van der Waals surface area contributed by atoms with E-state index in [-0.39, 0.29) is 11.9 Å². The summed E-state index contributed by atoms with van der Waals surface area (Å²) in [6.07, 6.45) is 4.20. The van der Waals surface area contributed by atoms with E-state index in [1.54, 1.807) is 26.0 Å². The molecular weight excluding hydrogens is 356 g/mol. The first-order chi connectivity index (χ1) is 12.2. The quantitative estimate of drug-likeness (QED) is 0.732. The third-order valence-electron chi connectivity index (χ3n) is 5.55. The standard InChI is InChI=1S/C19H23ClN2O4/c1-19(2)14(15(19)18(25)26)17(24)22-13-9-10(7-8-12(13)20)16(23)21-11-5-3-4-6-11/h7-9,11,14-15H,3-6H2,1-2H3,(H,21,23)(H,22,24)(H,25,26)/t14-,15+/m0/s1. The Balaban J connectivity index is 1.71. The molecule has 1 aromatic rings. The van der Waals surface area contributed by atoms with Crippen LogP contribution < -0.4 is 10.6 Å². The molecule has 1 aromatic carbocycles. The van der Waals surface area contributed by atoms with Crippen LogP contribution in [0.1, 0.15) is 49.9 Å². The Kier molecular flexibility index (Phi) is 4.97. The van der Waals surface area contributed by atoms with Gasteiger partial charge in [-0.05, 0) is 36.5 Å². The molecule has 0 bridgehead atoms. The number of carboxylic acid groups (broad SMARTS) is 1. The van der Waals surface area contributed by atoms with Crippen molar-refractivity contribution >= 4 is 35.1 Å². The molecule has 2 aliphatic rings. The van der Waals surface area contributed by atoms with Crippen LogP contribution in [-0.4, -0.2) is 28.9 Å². The number of amides is 2. The van der Waals surface area contributed by atoms with Crippen LogP contribution in [0.2, 0.25) is 5.02 Å². The SMILES string of the molecule is CC1(C)[C@H](C(=O)Nc2cc(C(=O)NC3CCCC3)ccc2Cl)[C@@H]1C(=O)O. The zero-order chi connectivity index (χ0) is 19.1. The number of carboxylic acids is 1. The van der Waals surface area contributed by atoms with E-state index in [4.69, 9.17) is 11.6 Å². The van der Waals surface area contributed by atoms with Crippen LogP contribution in [0.15, 0.2) is 18.2 Å². The van der Waals surface area contributed by atoms with E-state index in [1.165, 1.54) is 6.07 Å². The van der Waals surface area contributed by atoms with Crippen molar-refractivity contribution in [2.75, 3.05) is 5.32 Å². The molecule has 3 rings (SSSR count). The lowest BCUT2D eigenvalue weighted by atomic mass is 10.1. The molecule has 0 aromatic heterocycles. The van der Waals surface area contributed by atoms with E-state index in [1.807, 2.05) is 0 Å². The summed E-state index contributed by atoms with van der Waals surface area (Å²) < 4.78 is 0. The van der Waals surface area contributed by atoms with Crippen molar-refractivity contribution in [1.29, 1.82) is 0 Å². The molecule has 0 aliphatic heterocycles. The van der Waals surface area contributed by atoms with Gasteiger partial charge in [0.15, 0.2) is 0 Å². The van der Waals surface area contributed by atoms with Gasteiger partial charge in [0.25, 0.3) is 5.91 Å². The largest absolute Gasteiger partial charge is 0.481 e. The van der Waals surface area contributed by atoms with Crippen LogP contribution >= 0.6 is 11.6 Å². The topological polar surface area (TPSA) is 95.5 Å². The predicted octanol–water partition coefficient (Wildman–Crippen LogP) is 3.31. The second kappa shape index (κ2) is 6.91. The number of carbonyl (C=O) groups excluding carboxylic acids is 2. The minimum absolute atomic E-state index is 0.194. The zero-order valence-corrected chi connectivity index (χ0v) is 15.6. The first-order valence-corrected chi connectivity index (χ1v) is 9.23. The summed E-state index contributed by atoms with van der Waals surface area (Å²) in [6, 6.07) is 4.91. The molecule has 2 atom stereocenters. The maximum Gasteiger partial charge on any atom is 0.307 e. The van der Waals surface area contributed by atoms with Crippen molar-refractivity contribution in [3.63, 3.8) is 0 Å². The Morgan fingerprint density at radius 2 is 1.81 bits per heavy atom. The van der Waals surface area contributed by atoms with Gasteiger partial charge in [-0.2, -0.15) is 0 Å². The minimum atomic E-state index is -0.981. The van der Waals surface area contributed by atoms with Crippen LogP contribution in [0.5, 0.6) is 0 Å². The molecule has 7 heteroatoms. The van der Waals surface area contributed by atoms with Gasteiger partial charge in [-0.1, -0.05) is 38.3 Å². The zero-order valence-electron chi connectivity index (χ0n) is 14.8. The Morgan fingerprint density at radius 1 is 1.15 bits per heavy atom. The van der Waals surface area contributed by atoms with Crippen molar-refractivity contribution in [3.8, 4) is 0 Å². The molecule has 2 saturated carbocycles. The number of hydrogen-bond acceptors (Lipinski definition) is 3. The van der Waals surface area contributed by atoms with E-state index in [0.29, 0.717) is 16.3 Å². The van der Waals surface area contributed by atoms with Gasteiger partial charge in [-0.3, -0.25) is 14.4 Å². The average molecular weight is 379 g/mol. The number of hydrogen-bond donors (Lipinski definition) is 3. The summed E-state index contributed by atoms with van der Waals surface area (Å²) in [5.74, 6) is -2.90. The molecule has 140 valence electrons. The fraction of sp³-hybridized carbons (Fsp3) is 0.526. The normalized spacial score (nSPS) is 24.1. The minimum Gasteiger partial charge on any atom is -0.481 e. The second-order valence-corrected chi connectivity index (χ2v) is 8.16. The predicted molar refractivity (Wildman–Crippen MR) is 98.2 cm³/mol. The van der Waals surface area contributed by atoms with Gasteiger partial charge in [-0.15, -0.1) is 0 Å². The molecule has 2 aliphatic carbocycles. The second-order valence-electron chi connectivity index (χ2n) is 7.75. The smallest absolute Gasteiger partial charge is 0.307 e. The molecule has 2 fully saturated rings. The van der Waals surface area contributed by atoms with E-state index in [9.17, 15) is 19.5 Å². The highest BCUT2D eigenvalue weighted by Gasteiger charge is 2.65. The van der Waals surface area contributed by atoms with Crippen molar-refractivity contribution in [3.05, 3.63) is 28.8 Å². The Hall–Kier alpha value is -2.08.